The topological polar surface area (TPSA) is 72.2 Å². The van der Waals surface area contributed by atoms with E-state index in [9.17, 15) is 22.2 Å². The Kier molecular flexibility index (Phi) is 5.77. The molecule has 21 heavy (non-hydrogen) atoms. The van der Waals surface area contributed by atoms with Crippen LogP contribution in [0.15, 0.2) is 18.2 Å². The van der Waals surface area contributed by atoms with Gasteiger partial charge in [-0.25, -0.2) is 0 Å². The number of halogens is 3. The van der Waals surface area contributed by atoms with Gasteiger partial charge in [0.1, 0.15) is 0 Å². The first-order valence-electron chi connectivity index (χ1n) is 6.19. The molecule has 2 atom stereocenters. The summed E-state index contributed by atoms with van der Waals surface area (Å²) in [5.74, 6) is -0.271. The van der Waals surface area contributed by atoms with Crippen molar-refractivity contribution in [1.29, 1.82) is 0 Å². The van der Waals surface area contributed by atoms with E-state index in [1.54, 1.807) is 13.2 Å². The van der Waals surface area contributed by atoms with E-state index < -0.39 is 28.4 Å². The Bertz CT molecular complexity index is 547. The molecule has 0 heterocycles. The van der Waals surface area contributed by atoms with Crippen LogP contribution in [0.25, 0.3) is 0 Å². The molecule has 0 spiro atoms. The van der Waals surface area contributed by atoms with E-state index in [1.165, 1.54) is 0 Å². The average molecular weight is 322 g/mol. The van der Waals surface area contributed by atoms with Gasteiger partial charge in [-0.3, -0.25) is 9.00 Å². The van der Waals surface area contributed by atoms with Crippen LogP contribution in [0.1, 0.15) is 29.3 Å². The molecular formula is C13H17F3N2O2S. The third kappa shape index (κ3) is 5.37. The van der Waals surface area contributed by atoms with Crippen molar-refractivity contribution >= 4 is 22.4 Å². The van der Waals surface area contributed by atoms with Gasteiger partial charge in [0.05, 0.1) is 11.1 Å². The third-order valence-corrected chi connectivity index (χ3v) is 3.65. The van der Waals surface area contributed by atoms with Crippen LogP contribution in [0.2, 0.25) is 0 Å². The maximum Gasteiger partial charge on any atom is 0.416 e. The first-order chi connectivity index (χ1) is 9.61. The highest BCUT2D eigenvalue weighted by molar-refractivity contribution is 7.84. The summed E-state index contributed by atoms with van der Waals surface area (Å²) in [7, 11) is -0.990. The maximum atomic E-state index is 12.6. The van der Waals surface area contributed by atoms with Gasteiger partial charge in [-0.2, -0.15) is 13.2 Å². The van der Waals surface area contributed by atoms with Gasteiger partial charge in [-0.05, 0) is 31.5 Å². The minimum Gasteiger partial charge on any atom is -0.398 e. The highest BCUT2D eigenvalue weighted by atomic mass is 32.2. The molecule has 1 rings (SSSR count). The second-order valence-corrected chi connectivity index (χ2v) is 6.29. The van der Waals surface area contributed by atoms with Crippen LogP contribution in [0.5, 0.6) is 0 Å². The number of carbonyl (C=O) groups excluding carboxylic acids is 1. The van der Waals surface area contributed by atoms with E-state index in [2.05, 4.69) is 5.32 Å². The fraction of sp³-hybridized carbons (Fsp3) is 0.462. The average Bonchev–Trinajstić information content (AvgIpc) is 2.35. The standard InChI is InChI=1S/C13H17F3N2O2S/c1-8(5-6-21(2)20)18-12(19)10-7-9(13(14,15)16)3-4-11(10)17/h3-4,7-8H,5-6,17H2,1-2H3,(H,18,19). The molecule has 0 radical (unpaired) electrons. The quantitative estimate of drug-likeness (QED) is 0.816. The van der Waals surface area contributed by atoms with Gasteiger partial charge in [-0.1, -0.05) is 0 Å². The number of nitrogen functional groups attached to an aromatic ring is 1. The largest absolute Gasteiger partial charge is 0.416 e. The molecule has 0 fully saturated rings. The molecule has 8 heteroatoms. The molecule has 1 amide bonds. The zero-order valence-electron chi connectivity index (χ0n) is 11.7. The van der Waals surface area contributed by atoms with Crippen molar-refractivity contribution in [2.24, 2.45) is 0 Å². The lowest BCUT2D eigenvalue weighted by Gasteiger charge is -2.15. The summed E-state index contributed by atoms with van der Waals surface area (Å²) in [6, 6.07) is 2.31. The molecule has 0 saturated carbocycles. The molecule has 0 bridgehead atoms. The van der Waals surface area contributed by atoms with Crippen LogP contribution in [0.4, 0.5) is 18.9 Å². The SMILES string of the molecule is CC(CCS(C)=O)NC(=O)c1cc(C(F)(F)F)ccc1N. The molecule has 1 aromatic rings. The van der Waals surface area contributed by atoms with Crippen LogP contribution in [0, 0.1) is 0 Å². The molecule has 0 aliphatic heterocycles. The van der Waals surface area contributed by atoms with Crippen molar-refractivity contribution in [3.8, 4) is 0 Å². The van der Waals surface area contributed by atoms with Crippen molar-refractivity contribution in [1.82, 2.24) is 5.32 Å². The third-order valence-electron chi connectivity index (χ3n) is 2.84. The van der Waals surface area contributed by atoms with Gasteiger partial charge in [0.15, 0.2) is 0 Å². The van der Waals surface area contributed by atoms with E-state index in [1.807, 2.05) is 0 Å². The molecule has 0 saturated heterocycles. The molecule has 0 aliphatic rings. The second kappa shape index (κ2) is 6.93. The maximum absolute atomic E-state index is 12.6. The minimum absolute atomic E-state index is 0.0215. The number of hydrogen-bond donors (Lipinski definition) is 2. The molecule has 2 unspecified atom stereocenters. The van der Waals surface area contributed by atoms with Crippen molar-refractivity contribution in [3.05, 3.63) is 29.3 Å². The van der Waals surface area contributed by atoms with Gasteiger partial charge < -0.3 is 11.1 Å². The number of amides is 1. The van der Waals surface area contributed by atoms with E-state index in [4.69, 9.17) is 5.73 Å². The number of carbonyl (C=O) groups is 1. The Hall–Kier alpha value is -1.57. The van der Waals surface area contributed by atoms with Crippen LogP contribution >= 0.6 is 0 Å². The van der Waals surface area contributed by atoms with Gasteiger partial charge in [-0.15, -0.1) is 0 Å². The summed E-state index contributed by atoms with van der Waals surface area (Å²) < 4.78 is 48.9. The number of alkyl halides is 3. The molecule has 118 valence electrons. The zero-order valence-corrected chi connectivity index (χ0v) is 12.5. The predicted molar refractivity (Wildman–Crippen MR) is 76.3 cm³/mol. The Morgan fingerprint density at radius 1 is 1.43 bits per heavy atom. The fourth-order valence-electron chi connectivity index (χ4n) is 1.65. The van der Waals surface area contributed by atoms with Gasteiger partial charge >= 0.3 is 6.18 Å². The van der Waals surface area contributed by atoms with Crippen molar-refractivity contribution in [2.45, 2.75) is 25.6 Å². The Balaban J connectivity index is 2.84. The summed E-state index contributed by atoms with van der Waals surface area (Å²) in [6.07, 6.45) is -2.53. The molecule has 0 aliphatic carbocycles. The Morgan fingerprint density at radius 3 is 2.57 bits per heavy atom. The molecular weight excluding hydrogens is 305 g/mol. The molecule has 4 nitrogen and oxygen atoms in total. The van der Waals surface area contributed by atoms with E-state index in [0.717, 1.165) is 18.2 Å². The number of anilines is 1. The number of nitrogens with two attached hydrogens (primary N) is 1. The Labute approximate surface area is 123 Å². The van der Waals surface area contributed by atoms with Gasteiger partial charge in [0, 0.05) is 34.5 Å². The first-order valence-corrected chi connectivity index (χ1v) is 7.91. The summed E-state index contributed by atoms with van der Waals surface area (Å²) in [6.45, 7) is 1.69. The van der Waals surface area contributed by atoms with Crippen LogP contribution < -0.4 is 11.1 Å². The summed E-state index contributed by atoms with van der Waals surface area (Å²) >= 11 is 0. The number of nitrogens with one attached hydrogen (secondary N) is 1. The molecule has 3 N–H and O–H groups in total. The number of hydrogen-bond acceptors (Lipinski definition) is 3. The van der Waals surface area contributed by atoms with Crippen molar-refractivity contribution in [3.63, 3.8) is 0 Å². The lowest BCUT2D eigenvalue weighted by atomic mass is 10.1. The highest BCUT2D eigenvalue weighted by Crippen LogP contribution is 2.31. The zero-order chi connectivity index (χ0) is 16.2. The van der Waals surface area contributed by atoms with Gasteiger partial charge in [0.2, 0.25) is 0 Å². The number of benzene rings is 1. The lowest BCUT2D eigenvalue weighted by Crippen LogP contribution is -2.34. The number of rotatable bonds is 5. The van der Waals surface area contributed by atoms with E-state index in [0.29, 0.717) is 12.2 Å². The van der Waals surface area contributed by atoms with Crippen molar-refractivity contribution in [2.75, 3.05) is 17.7 Å². The minimum atomic E-state index is -4.53. The monoisotopic (exact) mass is 322 g/mol. The van der Waals surface area contributed by atoms with Crippen molar-refractivity contribution < 1.29 is 22.2 Å². The van der Waals surface area contributed by atoms with Crippen LogP contribution in [0.3, 0.4) is 0 Å². The first kappa shape index (κ1) is 17.5. The smallest absolute Gasteiger partial charge is 0.398 e. The second-order valence-electron chi connectivity index (χ2n) is 4.74. The molecule has 1 aromatic carbocycles. The Morgan fingerprint density at radius 2 is 2.05 bits per heavy atom. The van der Waals surface area contributed by atoms with Gasteiger partial charge in [0.25, 0.3) is 5.91 Å². The van der Waals surface area contributed by atoms with E-state index in [-0.39, 0.29) is 17.3 Å². The lowest BCUT2D eigenvalue weighted by molar-refractivity contribution is -0.137. The predicted octanol–water partition coefficient (Wildman–Crippen LogP) is 2.17. The van der Waals surface area contributed by atoms with Crippen LogP contribution in [-0.2, 0) is 17.0 Å². The summed E-state index contributed by atoms with van der Waals surface area (Å²) in [5, 5.41) is 2.55. The summed E-state index contributed by atoms with van der Waals surface area (Å²) in [5.41, 5.74) is 4.39. The molecule has 0 aromatic heterocycles. The normalized spacial score (nSPS) is 14.5. The highest BCUT2D eigenvalue weighted by Gasteiger charge is 2.31. The summed E-state index contributed by atoms with van der Waals surface area (Å²) in [4.78, 5) is 12.0. The fourth-order valence-corrected chi connectivity index (χ4v) is 2.33. The van der Waals surface area contributed by atoms with Crippen LogP contribution in [-0.4, -0.2) is 28.2 Å². The van der Waals surface area contributed by atoms with E-state index >= 15 is 0 Å².